The van der Waals surface area contributed by atoms with Crippen LogP contribution in [-0.4, -0.2) is 45.6 Å². The van der Waals surface area contributed by atoms with Crippen LogP contribution in [0.5, 0.6) is 0 Å². The Morgan fingerprint density at radius 3 is 2.79 bits per heavy atom. The number of carbonyl (C=O) groups is 2. The number of halogens is 1. The molecule has 8 heteroatoms. The lowest BCUT2D eigenvalue weighted by atomic mass is 10.1. The molecule has 1 aliphatic rings. The summed E-state index contributed by atoms with van der Waals surface area (Å²) in [5.41, 5.74) is 1.82. The minimum Gasteiger partial charge on any atom is -0.352 e. The zero-order chi connectivity index (χ0) is 20.5. The van der Waals surface area contributed by atoms with E-state index in [2.05, 4.69) is 10.4 Å². The Labute approximate surface area is 172 Å². The standard InChI is InChI=1S/C21H23FN4O2S/c1-13-18-10-19(20(28)25-9-3-4-17(12-25)23-14(2)27)29-21(18)26(24-13)11-15-5-7-16(22)8-6-15/h5-8,10,17H,3-4,9,11-12H2,1-2H3,(H,23,27). The van der Waals surface area contributed by atoms with Crippen molar-refractivity contribution in [1.82, 2.24) is 20.0 Å². The Hall–Kier alpha value is -2.74. The number of hydrogen-bond donors (Lipinski definition) is 1. The molecule has 0 radical (unpaired) electrons. The largest absolute Gasteiger partial charge is 0.352 e. The van der Waals surface area contributed by atoms with Gasteiger partial charge in [0.05, 0.1) is 17.1 Å². The van der Waals surface area contributed by atoms with Crippen LogP contribution in [0, 0.1) is 12.7 Å². The van der Waals surface area contributed by atoms with Crippen molar-refractivity contribution in [3.05, 3.63) is 52.3 Å². The van der Waals surface area contributed by atoms with Gasteiger partial charge in [-0.15, -0.1) is 11.3 Å². The predicted octanol–water partition coefficient (Wildman–Crippen LogP) is 3.33. The number of amides is 2. The Balaban J connectivity index is 1.56. The lowest BCUT2D eigenvalue weighted by Crippen LogP contribution is -2.49. The lowest BCUT2D eigenvalue weighted by molar-refractivity contribution is -0.120. The highest BCUT2D eigenvalue weighted by atomic mass is 32.1. The smallest absolute Gasteiger partial charge is 0.264 e. The summed E-state index contributed by atoms with van der Waals surface area (Å²) in [5, 5.41) is 8.47. The number of thiophene rings is 1. The van der Waals surface area contributed by atoms with E-state index in [0.717, 1.165) is 34.3 Å². The summed E-state index contributed by atoms with van der Waals surface area (Å²) >= 11 is 1.43. The second kappa shape index (κ2) is 7.94. The number of carbonyl (C=O) groups excluding carboxylic acids is 2. The van der Waals surface area contributed by atoms with E-state index in [1.54, 1.807) is 12.1 Å². The molecular formula is C21H23FN4O2S. The van der Waals surface area contributed by atoms with Gasteiger partial charge in [-0.25, -0.2) is 4.39 Å². The molecule has 1 aliphatic heterocycles. The van der Waals surface area contributed by atoms with Crippen LogP contribution in [0.4, 0.5) is 4.39 Å². The number of likely N-dealkylation sites (tertiary alicyclic amines) is 1. The van der Waals surface area contributed by atoms with Crippen LogP contribution in [0.3, 0.4) is 0 Å². The van der Waals surface area contributed by atoms with Crippen molar-refractivity contribution >= 4 is 33.4 Å². The first-order chi connectivity index (χ1) is 13.9. The molecule has 152 valence electrons. The van der Waals surface area contributed by atoms with Crippen LogP contribution in [0.1, 0.15) is 40.7 Å². The molecule has 6 nitrogen and oxygen atoms in total. The fourth-order valence-electron chi connectivity index (χ4n) is 3.81. The van der Waals surface area contributed by atoms with Crippen molar-refractivity contribution in [2.24, 2.45) is 0 Å². The zero-order valence-corrected chi connectivity index (χ0v) is 17.3. The Kier molecular flexibility index (Phi) is 5.36. The van der Waals surface area contributed by atoms with E-state index in [1.165, 1.54) is 30.4 Å². The Bertz CT molecular complexity index is 1060. The molecule has 3 heterocycles. The molecule has 0 aliphatic carbocycles. The second-order valence-corrected chi connectivity index (χ2v) is 8.52. The summed E-state index contributed by atoms with van der Waals surface area (Å²) in [6, 6.07) is 8.28. The maximum atomic E-state index is 13.2. The Morgan fingerprint density at radius 1 is 1.31 bits per heavy atom. The van der Waals surface area contributed by atoms with Crippen molar-refractivity contribution in [2.75, 3.05) is 13.1 Å². The van der Waals surface area contributed by atoms with Gasteiger partial charge in [0.15, 0.2) is 0 Å². The number of hydrogen-bond acceptors (Lipinski definition) is 4. The number of benzene rings is 1. The molecule has 1 saturated heterocycles. The summed E-state index contributed by atoms with van der Waals surface area (Å²) in [6.45, 7) is 5.19. The summed E-state index contributed by atoms with van der Waals surface area (Å²) in [7, 11) is 0. The van der Waals surface area contributed by atoms with Gasteiger partial charge < -0.3 is 10.2 Å². The van der Waals surface area contributed by atoms with Gasteiger partial charge >= 0.3 is 0 Å². The molecular weight excluding hydrogens is 391 g/mol. The number of aromatic nitrogens is 2. The van der Waals surface area contributed by atoms with Crippen molar-refractivity contribution in [2.45, 2.75) is 39.3 Å². The number of piperidine rings is 1. The van der Waals surface area contributed by atoms with Crippen LogP contribution in [0.25, 0.3) is 10.2 Å². The third-order valence-corrected chi connectivity index (χ3v) is 6.32. The van der Waals surface area contributed by atoms with E-state index in [9.17, 15) is 14.0 Å². The molecule has 2 amide bonds. The van der Waals surface area contributed by atoms with E-state index < -0.39 is 0 Å². The number of nitrogens with zero attached hydrogens (tertiary/aromatic N) is 3. The second-order valence-electron chi connectivity index (χ2n) is 7.49. The summed E-state index contributed by atoms with van der Waals surface area (Å²) in [4.78, 5) is 27.8. The van der Waals surface area contributed by atoms with Crippen molar-refractivity contribution in [3.63, 3.8) is 0 Å². The summed E-state index contributed by atoms with van der Waals surface area (Å²) in [6.07, 6.45) is 1.76. The van der Waals surface area contributed by atoms with Gasteiger partial charge in [0.25, 0.3) is 5.91 Å². The van der Waals surface area contributed by atoms with E-state index >= 15 is 0 Å². The lowest BCUT2D eigenvalue weighted by Gasteiger charge is -2.32. The molecule has 1 unspecified atom stereocenters. The van der Waals surface area contributed by atoms with Gasteiger partial charge in [-0.3, -0.25) is 14.3 Å². The predicted molar refractivity (Wildman–Crippen MR) is 111 cm³/mol. The van der Waals surface area contributed by atoms with Crippen LogP contribution >= 0.6 is 11.3 Å². The van der Waals surface area contributed by atoms with Crippen LogP contribution in [-0.2, 0) is 11.3 Å². The molecule has 2 aromatic heterocycles. The summed E-state index contributed by atoms with van der Waals surface area (Å²) < 4.78 is 15.0. The molecule has 4 rings (SSSR count). The first kappa shape index (κ1) is 19.6. The number of rotatable bonds is 4. The van der Waals surface area contributed by atoms with Crippen LogP contribution < -0.4 is 5.32 Å². The quantitative estimate of drug-likeness (QED) is 0.712. The van der Waals surface area contributed by atoms with Gasteiger partial charge in [-0.2, -0.15) is 5.10 Å². The van der Waals surface area contributed by atoms with Gasteiger partial charge in [0.1, 0.15) is 10.6 Å². The fraction of sp³-hybridized carbons (Fsp3) is 0.381. The summed E-state index contributed by atoms with van der Waals surface area (Å²) in [5.74, 6) is -0.338. The molecule has 1 atom stereocenters. The number of aryl methyl sites for hydroxylation is 1. The van der Waals surface area contributed by atoms with Gasteiger partial charge in [0.2, 0.25) is 5.91 Å². The average molecular weight is 415 g/mol. The third-order valence-electron chi connectivity index (χ3n) is 5.18. The first-order valence-electron chi connectivity index (χ1n) is 9.68. The number of nitrogens with one attached hydrogen (secondary N) is 1. The molecule has 0 spiro atoms. The van der Waals surface area contributed by atoms with E-state index in [0.29, 0.717) is 24.5 Å². The van der Waals surface area contributed by atoms with Crippen LogP contribution in [0.2, 0.25) is 0 Å². The topological polar surface area (TPSA) is 67.2 Å². The highest BCUT2D eigenvalue weighted by Crippen LogP contribution is 2.30. The molecule has 3 aromatic rings. The molecule has 29 heavy (non-hydrogen) atoms. The minimum absolute atomic E-state index is 0.00557. The first-order valence-corrected chi connectivity index (χ1v) is 10.5. The highest BCUT2D eigenvalue weighted by Gasteiger charge is 2.27. The molecule has 1 aromatic carbocycles. The van der Waals surface area contributed by atoms with Crippen molar-refractivity contribution < 1.29 is 14.0 Å². The molecule has 0 saturated carbocycles. The van der Waals surface area contributed by atoms with E-state index in [1.807, 2.05) is 22.6 Å². The fourth-order valence-corrected chi connectivity index (χ4v) is 4.94. The highest BCUT2D eigenvalue weighted by molar-refractivity contribution is 7.20. The number of fused-ring (bicyclic) bond motifs is 1. The SMILES string of the molecule is CC(=O)NC1CCCN(C(=O)c2cc3c(C)nn(Cc4ccc(F)cc4)c3s2)C1. The van der Waals surface area contributed by atoms with E-state index in [-0.39, 0.29) is 23.7 Å². The van der Waals surface area contributed by atoms with Gasteiger partial charge in [0, 0.05) is 31.4 Å². The normalized spacial score (nSPS) is 16.9. The van der Waals surface area contributed by atoms with Gasteiger partial charge in [-0.1, -0.05) is 12.1 Å². The molecule has 0 bridgehead atoms. The molecule has 1 N–H and O–H groups in total. The van der Waals surface area contributed by atoms with E-state index in [4.69, 9.17) is 0 Å². The monoisotopic (exact) mass is 414 g/mol. The van der Waals surface area contributed by atoms with Gasteiger partial charge in [-0.05, 0) is 43.5 Å². The van der Waals surface area contributed by atoms with Crippen molar-refractivity contribution in [3.8, 4) is 0 Å². The third kappa shape index (κ3) is 4.17. The minimum atomic E-state index is -0.265. The maximum Gasteiger partial charge on any atom is 0.264 e. The van der Waals surface area contributed by atoms with Crippen LogP contribution in [0.15, 0.2) is 30.3 Å². The zero-order valence-electron chi connectivity index (χ0n) is 16.4. The van der Waals surface area contributed by atoms with Crippen molar-refractivity contribution in [1.29, 1.82) is 0 Å². The maximum absolute atomic E-state index is 13.2. The Morgan fingerprint density at radius 2 is 2.07 bits per heavy atom. The average Bonchev–Trinajstić information content (AvgIpc) is 3.24. The molecule has 1 fully saturated rings.